The highest BCUT2D eigenvalue weighted by atomic mass is 32.1. The van der Waals surface area contributed by atoms with Crippen LogP contribution in [-0.4, -0.2) is 23.3 Å². The number of nitriles is 1. The predicted molar refractivity (Wildman–Crippen MR) is 181 cm³/mol. The maximum Gasteiger partial charge on any atom is 0.515 e. The maximum absolute atomic E-state index is 10.0. The number of fused-ring (bicyclic) bond motifs is 6. The molecular formula is C36H27BN2O2S2. The van der Waals surface area contributed by atoms with Crippen LogP contribution < -0.4 is 5.59 Å². The fourth-order valence-corrected chi connectivity index (χ4v) is 8.38. The molecule has 43 heavy (non-hydrogen) atoms. The van der Waals surface area contributed by atoms with Gasteiger partial charge in [-0.15, -0.1) is 22.7 Å². The first-order chi connectivity index (χ1) is 20.7. The molecule has 1 saturated heterocycles. The smallest absolute Gasteiger partial charge is 0.398 e. The lowest BCUT2D eigenvalue weighted by Crippen LogP contribution is -2.41. The average molecular weight is 595 g/mol. The molecule has 1 aliphatic rings. The van der Waals surface area contributed by atoms with Gasteiger partial charge < -0.3 is 9.31 Å². The Balaban J connectivity index is 1.29. The lowest BCUT2D eigenvalue weighted by molar-refractivity contribution is 0.00578. The first-order valence-corrected chi connectivity index (χ1v) is 16.0. The first-order valence-electron chi connectivity index (χ1n) is 14.4. The molecule has 0 saturated carbocycles. The average Bonchev–Trinajstić information content (AvgIpc) is 3.64. The standard InChI is InChI=1S/C36H27BN2O2S2/c1-35(2)36(3,4)41-37(40-35)34-32-28-19-22(12-13-30(28)42-31(32)14-15-39-34)23-16-21(20-38)17-24(18-23)25-9-7-10-27-26-8-5-6-11-29(26)43-33(25)27/h5-19H,1-4H3. The van der Waals surface area contributed by atoms with Gasteiger partial charge in [-0.3, -0.25) is 4.98 Å². The molecule has 7 aromatic rings. The number of thiophene rings is 2. The van der Waals surface area contributed by atoms with Crippen LogP contribution in [0.4, 0.5) is 0 Å². The van der Waals surface area contributed by atoms with E-state index in [1.807, 2.05) is 18.3 Å². The number of aromatic nitrogens is 1. The Bertz CT molecular complexity index is 2280. The van der Waals surface area contributed by atoms with Gasteiger partial charge in [-0.1, -0.05) is 42.5 Å². The second-order valence-corrected chi connectivity index (χ2v) is 14.3. The third-order valence-corrected chi connectivity index (χ3v) is 11.4. The summed E-state index contributed by atoms with van der Waals surface area (Å²) in [5.74, 6) is 0. The van der Waals surface area contributed by atoms with E-state index < -0.39 is 18.3 Å². The van der Waals surface area contributed by atoms with Crippen LogP contribution in [0, 0.1) is 11.3 Å². The predicted octanol–water partition coefficient (Wildman–Crippen LogP) is 9.32. The van der Waals surface area contributed by atoms with Gasteiger partial charge in [0.2, 0.25) is 0 Å². The van der Waals surface area contributed by atoms with Crippen molar-refractivity contribution >= 4 is 75.7 Å². The minimum atomic E-state index is -0.550. The van der Waals surface area contributed by atoms with Gasteiger partial charge >= 0.3 is 7.12 Å². The molecular weight excluding hydrogens is 567 g/mol. The highest BCUT2D eigenvalue weighted by Crippen LogP contribution is 2.42. The van der Waals surface area contributed by atoms with E-state index >= 15 is 0 Å². The van der Waals surface area contributed by atoms with Crippen molar-refractivity contribution in [1.82, 2.24) is 4.98 Å². The van der Waals surface area contributed by atoms with Gasteiger partial charge in [-0.25, -0.2) is 0 Å². The molecule has 1 aliphatic heterocycles. The summed E-state index contributed by atoms with van der Waals surface area (Å²) in [7, 11) is -0.550. The summed E-state index contributed by atoms with van der Waals surface area (Å²) >= 11 is 3.55. The molecule has 0 aliphatic carbocycles. The molecule has 208 valence electrons. The van der Waals surface area contributed by atoms with Crippen molar-refractivity contribution in [3.63, 3.8) is 0 Å². The second kappa shape index (κ2) is 9.47. The van der Waals surface area contributed by atoms with Crippen molar-refractivity contribution in [2.24, 2.45) is 0 Å². The maximum atomic E-state index is 10.0. The van der Waals surface area contributed by atoms with Crippen LogP contribution in [-0.2, 0) is 9.31 Å². The van der Waals surface area contributed by atoms with Gasteiger partial charge in [0.15, 0.2) is 0 Å². The van der Waals surface area contributed by atoms with E-state index in [9.17, 15) is 5.26 Å². The summed E-state index contributed by atoms with van der Waals surface area (Å²) in [4.78, 5) is 4.79. The Morgan fingerprint density at radius 2 is 1.44 bits per heavy atom. The van der Waals surface area contributed by atoms with Crippen LogP contribution in [0.15, 0.2) is 91.1 Å². The van der Waals surface area contributed by atoms with Crippen LogP contribution in [0.2, 0.25) is 0 Å². The van der Waals surface area contributed by atoms with Crippen LogP contribution in [0.1, 0.15) is 33.3 Å². The highest BCUT2D eigenvalue weighted by Gasteiger charge is 2.53. The monoisotopic (exact) mass is 594 g/mol. The zero-order valence-corrected chi connectivity index (χ0v) is 25.9. The number of rotatable bonds is 3. The summed E-state index contributed by atoms with van der Waals surface area (Å²) in [5.41, 5.74) is 4.79. The fourth-order valence-electron chi connectivity index (χ4n) is 6.05. The molecule has 1 fully saturated rings. The van der Waals surface area contributed by atoms with E-state index in [2.05, 4.69) is 107 Å². The SMILES string of the molecule is CC1(C)OB(c2nccc3sc4ccc(-c5cc(C#N)cc(-c6cccc7c6sc6ccccc67)c5)cc4c23)OC1(C)C. The van der Waals surface area contributed by atoms with Crippen molar-refractivity contribution in [1.29, 1.82) is 5.26 Å². The van der Waals surface area contributed by atoms with E-state index in [1.54, 1.807) is 22.7 Å². The third-order valence-electron chi connectivity index (χ3n) is 9.00. The molecule has 4 heterocycles. The lowest BCUT2D eigenvalue weighted by Gasteiger charge is -2.32. The van der Waals surface area contributed by atoms with Crippen LogP contribution >= 0.6 is 22.7 Å². The van der Waals surface area contributed by atoms with Crippen molar-refractivity contribution in [3.8, 4) is 28.3 Å². The second-order valence-electron chi connectivity index (χ2n) is 12.2. The molecule has 0 atom stereocenters. The number of nitrogens with zero attached hydrogens (tertiary/aromatic N) is 2. The highest BCUT2D eigenvalue weighted by molar-refractivity contribution is 7.26. The van der Waals surface area contributed by atoms with Gasteiger partial charge in [0.05, 0.1) is 28.4 Å². The van der Waals surface area contributed by atoms with Crippen LogP contribution in [0.3, 0.4) is 0 Å². The third kappa shape index (κ3) is 4.13. The molecule has 4 nitrogen and oxygen atoms in total. The van der Waals surface area contributed by atoms with Crippen molar-refractivity contribution in [3.05, 3.63) is 96.7 Å². The van der Waals surface area contributed by atoms with Gasteiger partial charge in [0.25, 0.3) is 0 Å². The Morgan fingerprint density at radius 1 is 0.698 bits per heavy atom. The van der Waals surface area contributed by atoms with Gasteiger partial charge in [0.1, 0.15) is 0 Å². The molecule has 0 amide bonds. The summed E-state index contributed by atoms with van der Waals surface area (Å²) in [6.45, 7) is 8.26. The molecule has 0 N–H and O–H groups in total. The number of pyridine rings is 1. The molecule has 0 spiro atoms. The molecule has 0 bridgehead atoms. The lowest BCUT2D eigenvalue weighted by atomic mass is 9.81. The zero-order chi connectivity index (χ0) is 29.5. The van der Waals surface area contributed by atoms with Crippen molar-refractivity contribution in [2.45, 2.75) is 38.9 Å². The minimum absolute atomic E-state index is 0.454. The Labute approximate surface area is 258 Å². The minimum Gasteiger partial charge on any atom is -0.398 e. The molecule has 3 aromatic heterocycles. The molecule has 7 heteroatoms. The Morgan fingerprint density at radius 3 is 2.26 bits per heavy atom. The normalized spacial score (nSPS) is 16.0. The van der Waals surface area contributed by atoms with Gasteiger partial charge in [-0.2, -0.15) is 5.26 Å². The Hall–Kier alpha value is -4.06. The van der Waals surface area contributed by atoms with E-state index in [0.717, 1.165) is 43.3 Å². The topological polar surface area (TPSA) is 55.1 Å². The van der Waals surface area contributed by atoms with E-state index in [1.165, 1.54) is 24.9 Å². The van der Waals surface area contributed by atoms with Gasteiger partial charge in [0, 0.05) is 46.5 Å². The molecule has 8 rings (SSSR count). The molecule has 0 unspecified atom stereocenters. The van der Waals surface area contributed by atoms with E-state index in [-0.39, 0.29) is 0 Å². The van der Waals surface area contributed by atoms with Crippen LogP contribution in [0.5, 0.6) is 0 Å². The first kappa shape index (κ1) is 26.6. The Kier molecular flexibility index (Phi) is 5.85. The quantitative estimate of drug-likeness (QED) is 0.191. The van der Waals surface area contributed by atoms with Crippen molar-refractivity contribution in [2.75, 3.05) is 0 Å². The number of benzene rings is 4. The molecule has 0 radical (unpaired) electrons. The zero-order valence-electron chi connectivity index (χ0n) is 24.3. The fraction of sp³-hybridized carbons (Fsp3) is 0.167. The summed E-state index contributed by atoms with van der Waals surface area (Å²) in [5, 5.41) is 14.7. The van der Waals surface area contributed by atoms with E-state index in [0.29, 0.717) is 5.56 Å². The summed E-state index contributed by atoms with van der Waals surface area (Å²) in [6.07, 6.45) is 1.84. The van der Waals surface area contributed by atoms with E-state index in [4.69, 9.17) is 14.3 Å². The number of hydrogen-bond donors (Lipinski definition) is 0. The summed E-state index contributed by atoms with van der Waals surface area (Å²) in [6, 6.07) is 32.2. The largest absolute Gasteiger partial charge is 0.515 e. The van der Waals surface area contributed by atoms with Crippen LogP contribution in [0.25, 0.3) is 62.6 Å². The molecule has 4 aromatic carbocycles. The summed E-state index contributed by atoms with van der Waals surface area (Å²) < 4.78 is 17.7. The van der Waals surface area contributed by atoms with Gasteiger partial charge in [-0.05, 0) is 92.4 Å². The number of hydrogen-bond acceptors (Lipinski definition) is 6. The van der Waals surface area contributed by atoms with Crippen molar-refractivity contribution < 1.29 is 9.31 Å².